The monoisotopic (exact) mass is 1160 g/mol. The summed E-state index contributed by atoms with van der Waals surface area (Å²) in [6.07, 6.45) is 23.4. The van der Waals surface area contributed by atoms with Crippen molar-refractivity contribution < 1.29 is 96.4 Å². The molecule has 2 N–H and O–H groups in total. The third-order valence-electron chi connectivity index (χ3n) is 12.7. The summed E-state index contributed by atoms with van der Waals surface area (Å²) in [7, 11) is 1.18. The van der Waals surface area contributed by atoms with E-state index in [2.05, 4.69) is 44.4 Å². The number of ether oxygens (including phenoxy) is 2. The molecule has 4 aromatic carbocycles. The van der Waals surface area contributed by atoms with Crippen molar-refractivity contribution in [3.8, 4) is 11.5 Å². The van der Waals surface area contributed by atoms with Crippen LogP contribution >= 0.6 is 7.14 Å². The van der Waals surface area contributed by atoms with E-state index in [0.717, 1.165) is 46.8 Å². The van der Waals surface area contributed by atoms with Crippen molar-refractivity contribution in [3.05, 3.63) is 126 Å². The number of hydrogen-bond acceptors (Lipinski definition) is 7. The van der Waals surface area contributed by atoms with Crippen LogP contribution in [0.15, 0.2) is 109 Å². The van der Waals surface area contributed by atoms with Gasteiger partial charge in [-0.15, -0.1) is 0 Å². The Balaban J connectivity index is 0.000000387. The van der Waals surface area contributed by atoms with Crippen molar-refractivity contribution in [2.24, 2.45) is 0 Å². The van der Waals surface area contributed by atoms with Crippen molar-refractivity contribution in [1.29, 1.82) is 0 Å². The molecule has 0 aliphatic heterocycles. The number of rotatable bonds is 29. The molecular formula is C59H81EuF3NO7P. The van der Waals surface area contributed by atoms with Gasteiger partial charge in [-0.3, -0.25) is 9.59 Å². The fourth-order valence-corrected chi connectivity index (χ4v) is 11.6. The molecule has 8 nitrogen and oxygen atoms in total. The molecule has 0 atom stereocenters. The van der Waals surface area contributed by atoms with E-state index in [4.69, 9.17) is 14.6 Å². The Kier molecular flexibility index (Phi) is 31.8. The number of hydrogen-bond donors (Lipinski definition) is 2. The zero-order valence-electron chi connectivity index (χ0n) is 43.7. The average molecular weight is 1160 g/mol. The molecule has 397 valence electrons. The number of unbranched alkanes of at least 4 members (excludes halogenated alkanes) is 15. The van der Waals surface area contributed by atoms with Crippen molar-refractivity contribution in [3.63, 3.8) is 0 Å². The molecule has 1 heterocycles. The number of para-hydroxylation sites is 1. The van der Waals surface area contributed by atoms with Crippen LogP contribution in [0, 0.1) is 49.4 Å². The SMILES string of the molecule is CCCCCCCCP(=O)(CCCCCCCC)CCCCCCCC.CCn1c2ccccc2c2cc(C(=O)/C=C(\O)c3cc(OC)cc(OC)c3)ccc21.O=C(/C=C(\O)C(F)(F)F)c1ccccc1.[Eu]. The summed E-state index contributed by atoms with van der Waals surface area (Å²) < 4.78 is 61.7. The normalized spacial score (nSPS) is 11.8. The maximum Gasteiger partial charge on any atom is 0.448 e. The molecule has 0 amide bonds. The Labute approximate surface area is 469 Å². The number of aromatic nitrogens is 1. The second-order valence-corrected chi connectivity index (χ2v) is 21.7. The predicted molar refractivity (Wildman–Crippen MR) is 289 cm³/mol. The molecule has 0 unspecified atom stereocenters. The number of alkyl halides is 3. The average Bonchev–Trinajstić information content (AvgIpc) is 3.70. The number of allylic oxidation sites excluding steroid dienone is 3. The first-order chi connectivity index (χ1) is 34.1. The van der Waals surface area contributed by atoms with E-state index in [9.17, 15) is 32.4 Å². The number of aliphatic hydroxyl groups excluding tert-OH is 2. The van der Waals surface area contributed by atoms with Gasteiger partial charge in [-0.25, -0.2) is 0 Å². The molecule has 0 saturated heterocycles. The van der Waals surface area contributed by atoms with Crippen molar-refractivity contribution in [2.45, 2.75) is 156 Å². The Hall–Kier alpha value is -3.70. The Bertz CT molecular complexity index is 2400. The maximum atomic E-state index is 13.5. The first-order valence-electron chi connectivity index (χ1n) is 26.0. The third kappa shape index (κ3) is 22.8. The molecule has 0 fully saturated rings. The minimum absolute atomic E-state index is 0. The number of nitrogens with zero attached hydrogens (tertiary/aromatic N) is 1. The number of fused-ring (bicyclic) bond motifs is 3. The second-order valence-electron chi connectivity index (χ2n) is 18.3. The molecule has 5 aromatic rings. The molecule has 0 aliphatic carbocycles. The molecule has 0 aliphatic rings. The first-order valence-corrected chi connectivity index (χ1v) is 28.2. The van der Waals surface area contributed by atoms with Crippen molar-refractivity contribution in [1.82, 2.24) is 4.57 Å². The third-order valence-corrected chi connectivity index (χ3v) is 16.1. The van der Waals surface area contributed by atoms with E-state index >= 15 is 0 Å². The van der Waals surface area contributed by atoms with Gasteiger partial charge >= 0.3 is 6.18 Å². The van der Waals surface area contributed by atoms with Crippen LogP contribution in [0.5, 0.6) is 11.5 Å². The number of halogens is 3. The summed E-state index contributed by atoms with van der Waals surface area (Å²) in [5.41, 5.74) is 3.28. The van der Waals surface area contributed by atoms with E-state index in [1.54, 1.807) is 30.3 Å². The van der Waals surface area contributed by atoms with Gasteiger partial charge in [0.2, 0.25) is 5.76 Å². The van der Waals surface area contributed by atoms with Gasteiger partial charge in [0, 0.05) is 131 Å². The Morgan fingerprint density at radius 1 is 0.542 bits per heavy atom. The van der Waals surface area contributed by atoms with Crippen molar-refractivity contribution in [2.75, 3.05) is 32.7 Å². The number of aryl methyl sites for hydroxylation is 1. The smallest absolute Gasteiger partial charge is 0.448 e. The van der Waals surface area contributed by atoms with Crippen LogP contribution < -0.4 is 9.47 Å². The molecule has 1 radical (unpaired) electrons. The number of benzene rings is 4. The number of carbonyl (C=O) groups is 2. The van der Waals surface area contributed by atoms with Crippen LogP contribution in [0.4, 0.5) is 13.2 Å². The summed E-state index contributed by atoms with van der Waals surface area (Å²) >= 11 is 0. The molecule has 1 aromatic heterocycles. The largest absolute Gasteiger partial charge is 0.507 e. The van der Waals surface area contributed by atoms with Crippen LogP contribution in [0.1, 0.15) is 170 Å². The number of ketones is 2. The van der Waals surface area contributed by atoms with E-state index in [0.29, 0.717) is 22.6 Å². The van der Waals surface area contributed by atoms with Gasteiger partial charge in [0.05, 0.1) is 21.4 Å². The number of carbonyl (C=O) groups excluding carboxylic acids is 2. The summed E-state index contributed by atoms with van der Waals surface area (Å²) in [6, 6.07) is 26.2. The fourth-order valence-electron chi connectivity index (χ4n) is 8.56. The van der Waals surface area contributed by atoms with Crippen LogP contribution in [-0.4, -0.2) is 65.2 Å². The van der Waals surface area contributed by atoms with E-state index in [1.165, 1.54) is 160 Å². The van der Waals surface area contributed by atoms with Crippen molar-refractivity contribution >= 4 is 46.3 Å². The summed E-state index contributed by atoms with van der Waals surface area (Å²) in [5.74, 6) is -2.13. The zero-order valence-corrected chi connectivity index (χ0v) is 47.0. The maximum absolute atomic E-state index is 13.5. The van der Waals surface area contributed by atoms with Gasteiger partial charge < -0.3 is 28.8 Å². The summed E-state index contributed by atoms with van der Waals surface area (Å²) in [6.45, 7) is 9.77. The van der Waals surface area contributed by atoms with Gasteiger partial charge in [-0.1, -0.05) is 166 Å². The molecule has 5 rings (SSSR count). The number of aliphatic hydroxyl groups is 2. The quantitative estimate of drug-likeness (QED) is 0.0161. The van der Waals surface area contributed by atoms with Gasteiger partial charge in [0.25, 0.3) is 0 Å². The molecule has 0 spiro atoms. The van der Waals surface area contributed by atoms with Gasteiger partial charge in [0.1, 0.15) is 17.3 Å². The molecule has 13 heteroatoms. The molecule has 72 heavy (non-hydrogen) atoms. The second kappa shape index (κ2) is 35.5. The van der Waals surface area contributed by atoms with Gasteiger partial charge in [-0.2, -0.15) is 13.2 Å². The topological polar surface area (TPSA) is 115 Å². The predicted octanol–water partition coefficient (Wildman–Crippen LogP) is 17.9. The summed E-state index contributed by atoms with van der Waals surface area (Å²) in [5, 5.41) is 21.2. The number of methoxy groups -OCH3 is 2. The Morgan fingerprint density at radius 3 is 1.46 bits per heavy atom. The van der Waals surface area contributed by atoms with Crippen LogP contribution in [0.25, 0.3) is 27.6 Å². The molecular weight excluding hydrogens is 1070 g/mol. The zero-order chi connectivity index (χ0) is 52.1. The van der Waals surface area contributed by atoms with Crippen LogP contribution in [0.3, 0.4) is 0 Å². The summed E-state index contributed by atoms with van der Waals surface area (Å²) in [4.78, 5) is 24.1. The minimum Gasteiger partial charge on any atom is -0.507 e. The van der Waals surface area contributed by atoms with Gasteiger partial charge in [0.15, 0.2) is 11.6 Å². The first kappa shape index (κ1) is 64.4. The van der Waals surface area contributed by atoms with E-state index < -0.39 is 24.9 Å². The van der Waals surface area contributed by atoms with E-state index in [-0.39, 0.29) is 72.6 Å². The Morgan fingerprint density at radius 2 is 0.986 bits per heavy atom. The van der Waals surface area contributed by atoms with Crippen LogP contribution in [0.2, 0.25) is 0 Å². The molecule has 0 saturated carbocycles. The van der Waals surface area contributed by atoms with Gasteiger partial charge in [-0.05, 0) is 62.6 Å². The van der Waals surface area contributed by atoms with Crippen LogP contribution in [-0.2, 0) is 11.1 Å². The molecule has 0 bridgehead atoms. The minimum atomic E-state index is -4.88. The van der Waals surface area contributed by atoms with E-state index in [1.807, 2.05) is 24.3 Å². The standard InChI is InChI=1S/C25H23NO4.C24H51OP.C10H7F3O2.Eu/c1-4-26-22-8-6-5-7-20(22)21-13-16(9-10-23(21)26)24(27)15-25(28)17-11-18(29-2)14-19(12-17)30-3;1-4-7-10-13-16-19-22-26(25,23-20-17-14-11-8-5-2)24-21-18-15-12-9-6-3;11-10(12,13)9(15)6-8(14)7-4-2-1-3-5-7;/h5-15,28H,4H2,1-3H3;4-24H2,1-3H3;1-6,15H;/b25-15-;;9-6-;. The fraction of sp³-hybridized carbons (Fsp3) is 0.492.